The molecule has 0 aliphatic carbocycles. The topological polar surface area (TPSA) is 52.0 Å². The predicted molar refractivity (Wildman–Crippen MR) is 63.9 cm³/mol. The summed E-state index contributed by atoms with van der Waals surface area (Å²) in [5.41, 5.74) is 2.33. The van der Waals surface area contributed by atoms with Gasteiger partial charge in [-0.3, -0.25) is 0 Å². The molecule has 92 valence electrons. The van der Waals surface area contributed by atoms with Crippen LogP contribution in [0.2, 0.25) is 0 Å². The normalized spacial score (nSPS) is 19.0. The van der Waals surface area contributed by atoms with Crippen LogP contribution in [0, 0.1) is 0 Å². The largest absolute Gasteiger partial charge is 0.381 e. The molecule has 1 aliphatic rings. The van der Waals surface area contributed by atoms with Gasteiger partial charge in [0.1, 0.15) is 5.69 Å². The molecule has 0 aromatic carbocycles. The highest BCUT2D eigenvalue weighted by molar-refractivity contribution is 5.85. The van der Waals surface area contributed by atoms with E-state index in [0.29, 0.717) is 5.92 Å². The molecule has 1 aliphatic heterocycles. The number of fused-ring (bicyclic) bond motifs is 1. The Labute approximate surface area is 102 Å². The predicted octanol–water partition coefficient (Wildman–Crippen LogP) is 0.943. The third-order valence-corrected chi connectivity index (χ3v) is 2.74. The zero-order valence-corrected chi connectivity index (χ0v) is 10.6. The Morgan fingerprint density at radius 1 is 1.50 bits per heavy atom. The minimum absolute atomic E-state index is 0. The summed E-state index contributed by atoms with van der Waals surface area (Å²) in [6.45, 7) is 8.30. The number of nitrogens with one attached hydrogen (secondary N) is 1. The highest BCUT2D eigenvalue weighted by atomic mass is 35.5. The van der Waals surface area contributed by atoms with Crippen LogP contribution in [0.25, 0.3) is 0 Å². The third kappa shape index (κ3) is 2.53. The molecule has 0 fully saturated rings. The molecule has 1 aromatic rings. The van der Waals surface area contributed by atoms with Gasteiger partial charge in [0, 0.05) is 32.2 Å². The number of ether oxygens (including phenoxy) is 1. The Kier molecular flexibility index (Phi) is 5.18. The van der Waals surface area contributed by atoms with Gasteiger partial charge in [0.05, 0.1) is 12.3 Å². The first-order chi connectivity index (χ1) is 7.36. The third-order valence-electron chi connectivity index (χ3n) is 2.74. The fourth-order valence-electron chi connectivity index (χ4n) is 2.02. The summed E-state index contributed by atoms with van der Waals surface area (Å²) in [7, 11) is 0. The van der Waals surface area contributed by atoms with Crippen LogP contribution >= 0.6 is 12.4 Å². The summed E-state index contributed by atoms with van der Waals surface area (Å²) in [4.78, 5) is 0. The second-order valence-electron chi connectivity index (χ2n) is 3.72. The van der Waals surface area contributed by atoms with Crippen LogP contribution in [-0.2, 0) is 17.8 Å². The number of halogens is 1. The fraction of sp³-hybridized carbons (Fsp3) is 0.800. The Balaban J connectivity index is 0.00000128. The first-order valence-electron chi connectivity index (χ1n) is 5.57. The van der Waals surface area contributed by atoms with Crippen molar-refractivity contribution in [1.82, 2.24) is 20.3 Å². The van der Waals surface area contributed by atoms with Crippen LogP contribution in [0.1, 0.15) is 31.2 Å². The maximum absolute atomic E-state index is 5.49. The molecule has 1 unspecified atom stereocenters. The lowest BCUT2D eigenvalue weighted by atomic mass is 10.0. The first-order valence-corrected chi connectivity index (χ1v) is 5.57. The summed E-state index contributed by atoms with van der Waals surface area (Å²) in [5.74, 6) is 0.392. The summed E-state index contributed by atoms with van der Waals surface area (Å²) in [6, 6.07) is 0. The number of hydrogen-bond donors (Lipinski definition) is 1. The van der Waals surface area contributed by atoms with Crippen LogP contribution < -0.4 is 5.32 Å². The molecule has 16 heavy (non-hydrogen) atoms. The van der Waals surface area contributed by atoms with Gasteiger partial charge >= 0.3 is 0 Å². The number of hydrogen-bond acceptors (Lipinski definition) is 4. The molecule has 1 N–H and O–H groups in total. The second kappa shape index (κ2) is 6.18. The van der Waals surface area contributed by atoms with Crippen molar-refractivity contribution in [2.45, 2.75) is 32.9 Å². The van der Waals surface area contributed by atoms with E-state index in [9.17, 15) is 0 Å². The van der Waals surface area contributed by atoms with E-state index in [0.717, 1.165) is 38.5 Å². The highest BCUT2D eigenvalue weighted by Crippen LogP contribution is 2.22. The number of rotatable bonds is 4. The Morgan fingerprint density at radius 2 is 2.31 bits per heavy atom. The Morgan fingerprint density at radius 3 is 3.00 bits per heavy atom. The molecule has 0 bridgehead atoms. The van der Waals surface area contributed by atoms with Crippen LogP contribution in [-0.4, -0.2) is 34.8 Å². The van der Waals surface area contributed by atoms with E-state index < -0.39 is 0 Å². The van der Waals surface area contributed by atoms with Gasteiger partial charge < -0.3 is 10.1 Å². The van der Waals surface area contributed by atoms with E-state index in [1.165, 1.54) is 5.69 Å². The number of aromatic nitrogens is 3. The van der Waals surface area contributed by atoms with Crippen LogP contribution in [0.4, 0.5) is 0 Å². The molecular formula is C10H19ClN4O. The lowest BCUT2D eigenvalue weighted by Gasteiger charge is -2.23. The average molecular weight is 247 g/mol. The zero-order valence-electron chi connectivity index (χ0n) is 9.77. The van der Waals surface area contributed by atoms with E-state index >= 15 is 0 Å². The molecule has 0 saturated heterocycles. The summed E-state index contributed by atoms with van der Waals surface area (Å²) in [5, 5.41) is 11.7. The van der Waals surface area contributed by atoms with E-state index in [1.54, 1.807) is 0 Å². The molecule has 0 saturated carbocycles. The first kappa shape index (κ1) is 13.4. The van der Waals surface area contributed by atoms with Crippen LogP contribution in [0.15, 0.2) is 0 Å². The summed E-state index contributed by atoms with van der Waals surface area (Å²) in [6.07, 6.45) is 0. The van der Waals surface area contributed by atoms with Crippen molar-refractivity contribution in [3.63, 3.8) is 0 Å². The summed E-state index contributed by atoms with van der Waals surface area (Å²) >= 11 is 0. The van der Waals surface area contributed by atoms with E-state index in [-0.39, 0.29) is 12.4 Å². The van der Waals surface area contributed by atoms with Crippen molar-refractivity contribution in [3.05, 3.63) is 11.4 Å². The molecule has 1 aromatic heterocycles. The van der Waals surface area contributed by atoms with Crippen molar-refractivity contribution in [2.24, 2.45) is 0 Å². The van der Waals surface area contributed by atoms with Crippen molar-refractivity contribution >= 4 is 12.4 Å². The molecule has 6 heteroatoms. The maximum Gasteiger partial charge on any atom is 0.100 e. The van der Waals surface area contributed by atoms with E-state index in [4.69, 9.17) is 4.74 Å². The van der Waals surface area contributed by atoms with Crippen LogP contribution in [0.5, 0.6) is 0 Å². The molecule has 1 atom stereocenters. The van der Waals surface area contributed by atoms with Gasteiger partial charge in [-0.05, 0) is 13.8 Å². The maximum atomic E-state index is 5.49. The lowest BCUT2D eigenvalue weighted by Crippen LogP contribution is -2.32. The zero-order chi connectivity index (χ0) is 10.7. The number of aryl methyl sites for hydroxylation is 1. The quantitative estimate of drug-likeness (QED) is 0.859. The smallest absolute Gasteiger partial charge is 0.100 e. The van der Waals surface area contributed by atoms with Gasteiger partial charge in [-0.25, -0.2) is 4.68 Å². The van der Waals surface area contributed by atoms with Crippen molar-refractivity contribution in [1.29, 1.82) is 0 Å². The minimum Gasteiger partial charge on any atom is -0.381 e. The average Bonchev–Trinajstić information content (AvgIpc) is 2.69. The summed E-state index contributed by atoms with van der Waals surface area (Å²) < 4.78 is 7.48. The van der Waals surface area contributed by atoms with Crippen molar-refractivity contribution in [2.75, 3.05) is 19.8 Å². The number of nitrogens with zero attached hydrogens (tertiary/aromatic N) is 3. The molecule has 0 spiro atoms. The fourth-order valence-corrected chi connectivity index (χ4v) is 2.02. The van der Waals surface area contributed by atoms with E-state index in [2.05, 4.69) is 22.6 Å². The molecule has 2 rings (SSSR count). The van der Waals surface area contributed by atoms with Gasteiger partial charge in [-0.1, -0.05) is 5.21 Å². The van der Waals surface area contributed by atoms with Gasteiger partial charge in [-0.15, -0.1) is 17.5 Å². The standard InChI is InChI=1S/C10H18N4O.ClH/c1-3-14-10-8(7-15-4-2)5-11-6-9(10)12-13-14;/h8,11H,3-7H2,1-2H3;1H. The van der Waals surface area contributed by atoms with Crippen molar-refractivity contribution in [3.8, 4) is 0 Å². The minimum atomic E-state index is 0. The molecule has 0 amide bonds. The SMILES string of the molecule is CCOCC1CNCc2nnn(CC)c21.Cl. The molecule has 0 radical (unpaired) electrons. The Hall–Kier alpha value is -0.650. The Bertz CT molecular complexity index is 315. The van der Waals surface area contributed by atoms with Gasteiger partial charge in [-0.2, -0.15) is 0 Å². The molecular weight excluding hydrogens is 228 g/mol. The molecule has 2 heterocycles. The van der Waals surface area contributed by atoms with Gasteiger partial charge in [0.2, 0.25) is 0 Å². The lowest BCUT2D eigenvalue weighted by molar-refractivity contribution is 0.127. The van der Waals surface area contributed by atoms with Crippen molar-refractivity contribution < 1.29 is 4.74 Å². The second-order valence-corrected chi connectivity index (χ2v) is 3.72. The van der Waals surface area contributed by atoms with E-state index in [1.807, 2.05) is 11.6 Å². The monoisotopic (exact) mass is 246 g/mol. The molecule has 5 nitrogen and oxygen atoms in total. The van der Waals surface area contributed by atoms with Gasteiger partial charge in [0.25, 0.3) is 0 Å². The van der Waals surface area contributed by atoms with Gasteiger partial charge in [0.15, 0.2) is 0 Å². The van der Waals surface area contributed by atoms with Crippen LogP contribution in [0.3, 0.4) is 0 Å². The highest BCUT2D eigenvalue weighted by Gasteiger charge is 2.25.